The van der Waals surface area contributed by atoms with E-state index in [1.165, 1.54) is 0 Å². The molecule has 2 aromatic rings. The van der Waals surface area contributed by atoms with E-state index in [0.717, 1.165) is 11.0 Å². The standard InChI is InChI=1S/C16H19N3O3/c1-2-22-16(21)11-5-7-19(8-6-11)15(20)12-3-4-13-14(9-12)18-10-17-13/h3-4,9-11H,2,5-8H2,1H3,(H,17,18). The van der Waals surface area contributed by atoms with Crippen molar-refractivity contribution in [2.45, 2.75) is 19.8 Å². The minimum absolute atomic E-state index is 0.00110. The second kappa shape index (κ2) is 6.17. The van der Waals surface area contributed by atoms with E-state index >= 15 is 0 Å². The van der Waals surface area contributed by atoms with Gasteiger partial charge in [0.1, 0.15) is 0 Å². The van der Waals surface area contributed by atoms with Gasteiger partial charge in [0.2, 0.25) is 0 Å². The summed E-state index contributed by atoms with van der Waals surface area (Å²) in [7, 11) is 0. The van der Waals surface area contributed by atoms with Crippen molar-refractivity contribution in [2.75, 3.05) is 19.7 Å². The number of rotatable bonds is 3. The van der Waals surface area contributed by atoms with Crippen LogP contribution in [0.5, 0.6) is 0 Å². The van der Waals surface area contributed by atoms with Gasteiger partial charge < -0.3 is 14.6 Å². The molecular formula is C16H19N3O3. The van der Waals surface area contributed by atoms with Crippen molar-refractivity contribution in [1.82, 2.24) is 14.9 Å². The lowest BCUT2D eigenvalue weighted by molar-refractivity contribution is -0.149. The maximum atomic E-state index is 12.5. The fraction of sp³-hybridized carbons (Fsp3) is 0.438. The highest BCUT2D eigenvalue weighted by Crippen LogP contribution is 2.21. The Balaban J connectivity index is 1.65. The number of likely N-dealkylation sites (tertiary alicyclic amines) is 1. The number of carbonyl (C=O) groups excluding carboxylic acids is 2. The molecule has 1 amide bonds. The van der Waals surface area contributed by atoms with Gasteiger partial charge in [0.05, 0.1) is 29.9 Å². The zero-order valence-corrected chi connectivity index (χ0v) is 12.5. The number of hydrogen-bond acceptors (Lipinski definition) is 4. The van der Waals surface area contributed by atoms with Gasteiger partial charge in [0.25, 0.3) is 5.91 Å². The van der Waals surface area contributed by atoms with Crippen molar-refractivity contribution >= 4 is 22.9 Å². The monoisotopic (exact) mass is 301 g/mol. The molecule has 0 bridgehead atoms. The zero-order valence-electron chi connectivity index (χ0n) is 12.5. The van der Waals surface area contributed by atoms with E-state index in [9.17, 15) is 9.59 Å². The third-order valence-electron chi connectivity index (χ3n) is 4.07. The summed E-state index contributed by atoms with van der Waals surface area (Å²) in [5.74, 6) is -0.230. The van der Waals surface area contributed by atoms with E-state index in [2.05, 4.69) is 9.97 Å². The number of H-pyrrole nitrogens is 1. The van der Waals surface area contributed by atoms with Crippen LogP contribution in [0.4, 0.5) is 0 Å². The molecule has 1 aromatic heterocycles. The van der Waals surface area contributed by atoms with E-state index in [1.54, 1.807) is 17.3 Å². The maximum absolute atomic E-state index is 12.5. The van der Waals surface area contributed by atoms with Crippen LogP contribution in [0, 0.1) is 5.92 Å². The minimum Gasteiger partial charge on any atom is -0.466 e. The molecule has 6 nitrogen and oxygen atoms in total. The van der Waals surface area contributed by atoms with Gasteiger partial charge in [0, 0.05) is 18.7 Å². The number of fused-ring (bicyclic) bond motifs is 1. The molecule has 1 aliphatic rings. The van der Waals surface area contributed by atoms with Gasteiger partial charge >= 0.3 is 5.97 Å². The molecule has 0 unspecified atom stereocenters. The molecule has 1 N–H and O–H groups in total. The van der Waals surface area contributed by atoms with E-state index < -0.39 is 0 Å². The third kappa shape index (κ3) is 2.81. The number of aromatic nitrogens is 2. The molecule has 0 saturated carbocycles. The lowest BCUT2D eigenvalue weighted by Crippen LogP contribution is -2.40. The van der Waals surface area contributed by atoms with Crippen molar-refractivity contribution in [3.05, 3.63) is 30.1 Å². The maximum Gasteiger partial charge on any atom is 0.309 e. The van der Waals surface area contributed by atoms with Crippen molar-refractivity contribution in [1.29, 1.82) is 0 Å². The summed E-state index contributed by atoms with van der Waals surface area (Å²) < 4.78 is 5.05. The number of nitrogens with zero attached hydrogens (tertiary/aromatic N) is 2. The van der Waals surface area contributed by atoms with Crippen LogP contribution in [0.3, 0.4) is 0 Å². The van der Waals surface area contributed by atoms with Crippen molar-refractivity contribution in [2.24, 2.45) is 5.92 Å². The first-order chi connectivity index (χ1) is 10.7. The number of piperidine rings is 1. The first-order valence-electron chi connectivity index (χ1n) is 7.58. The molecule has 1 aromatic carbocycles. The molecule has 22 heavy (non-hydrogen) atoms. The fourth-order valence-corrected chi connectivity index (χ4v) is 2.83. The average Bonchev–Trinajstić information content (AvgIpc) is 3.02. The Morgan fingerprint density at radius 3 is 2.86 bits per heavy atom. The van der Waals surface area contributed by atoms with Gasteiger partial charge in [-0.05, 0) is 38.0 Å². The number of carbonyl (C=O) groups is 2. The molecule has 1 fully saturated rings. The van der Waals surface area contributed by atoms with E-state index in [4.69, 9.17) is 4.74 Å². The summed E-state index contributed by atoms with van der Waals surface area (Å²) in [6, 6.07) is 5.45. The van der Waals surface area contributed by atoms with Crippen molar-refractivity contribution in [3.8, 4) is 0 Å². The summed E-state index contributed by atoms with van der Waals surface area (Å²) in [4.78, 5) is 33.2. The second-order valence-corrected chi connectivity index (χ2v) is 5.45. The quantitative estimate of drug-likeness (QED) is 0.880. The van der Waals surface area contributed by atoms with Gasteiger partial charge in [-0.1, -0.05) is 0 Å². The summed E-state index contributed by atoms with van der Waals surface area (Å²) in [5, 5.41) is 0. The van der Waals surface area contributed by atoms with Gasteiger partial charge in [-0.25, -0.2) is 4.98 Å². The average molecular weight is 301 g/mol. The van der Waals surface area contributed by atoms with Crippen LogP contribution in [-0.2, 0) is 9.53 Å². The zero-order chi connectivity index (χ0) is 15.5. The first kappa shape index (κ1) is 14.6. The SMILES string of the molecule is CCOC(=O)C1CCN(C(=O)c2ccc3nc[nH]c3c2)CC1. The molecule has 0 atom stereocenters. The number of ether oxygens (including phenoxy) is 1. The molecule has 3 rings (SSSR count). The Bertz CT molecular complexity index is 687. The predicted molar refractivity (Wildman–Crippen MR) is 81.4 cm³/mol. The molecule has 1 aliphatic heterocycles. The van der Waals surface area contributed by atoms with Crippen molar-refractivity contribution < 1.29 is 14.3 Å². The number of aromatic amines is 1. The molecule has 0 aliphatic carbocycles. The van der Waals surface area contributed by atoms with E-state index in [0.29, 0.717) is 38.1 Å². The predicted octanol–water partition coefficient (Wildman–Crippen LogP) is 1.98. The number of nitrogens with one attached hydrogen (secondary N) is 1. The largest absolute Gasteiger partial charge is 0.466 e. The number of imidazole rings is 1. The highest BCUT2D eigenvalue weighted by Gasteiger charge is 2.28. The Labute approximate surface area is 128 Å². The van der Waals surface area contributed by atoms with Crippen LogP contribution < -0.4 is 0 Å². The van der Waals surface area contributed by atoms with Gasteiger partial charge in [-0.3, -0.25) is 9.59 Å². The van der Waals surface area contributed by atoms with Gasteiger partial charge in [-0.15, -0.1) is 0 Å². The summed E-state index contributed by atoms with van der Waals surface area (Å²) in [5.41, 5.74) is 2.34. The van der Waals surface area contributed by atoms with Crippen LogP contribution in [-0.4, -0.2) is 46.4 Å². The topological polar surface area (TPSA) is 75.3 Å². The summed E-state index contributed by atoms with van der Waals surface area (Å²) >= 11 is 0. The van der Waals surface area contributed by atoms with Gasteiger partial charge in [0.15, 0.2) is 0 Å². The molecule has 116 valence electrons. The molecule has 0 spiro atoms. The molecular weight excluding hydrogens is 282 g/mol. The van der Waals surface area contributed by atoms with E-state index in [1.807, 2.05) is 19.1 Å². The fourth-order valence-electron chi connectivity index (χ4n) is 2.83. The number of amides is 1. The molecule has 0 radical (unpaired) electrons. The molecule has 1 saturated heterocycles. The normalized spacial score (nSPS) is 16.0. The van der Waals surface area contributed by atoms with Crippen LogP contribution in [0.1, 0.15) is 30.1 Å². The van der Waals surface area contributed by atoms with Crippen LogP contribution in [0.15, 0.2) is 24.5 Å². The Morgan fingerprint density at radius 1 is 1.36 bits per heavy atom. The third-order valence-corrected chi connectivity index (χ3v) is 4.07. The Hall–Kier alpha value is -2.37. The summed E-state index contributed by atoms with van der Waals surface area (Å²) in [6.07, 6.45) is 2.94. The second-order valence-electron chi connectivity index (χ2n) is 5.45. The number of hydrogen-bond donors (Lipinski definition) is 1. The van der Waals surface area contributed by atoms with Crippen LogP contribution in [0.2, 0.25) is 0 Å². The Morgan fingerprint density at radius 2 is 2.14 bits per heavy atom. The smallest absolute Gasteiger partial charge is 0.309 e. The highest BCUT2D eigenvalue weighted by atomic mass is 16.5. The Kier molecular flexibility index (Phi) is 4.09. The minimum atomic E-state index is -0.145. The number of esters is 1. The molecule has 6 heteroatoms. The lowest BCUT2D eigenvalue weighted by Gasteiger charge is -2.30. The molecule has 2 heterocycles. The first-order valence-corrected chi connectivity index (χ1v) is 7.58. The summed E-state index contributed by atoms with van der Waals surface area (Å²) in [6.45, 7) is 3.39. The van der Waals surface area contributed by atoms with E-state index in [-0.39, 0.29) is 17.8 Å². The van der Waals surface area contributed by atoms with Crippen molar-refractivity contribution in [3.63, 3.8) is 0 Å². The van der Waals surface area contributed by atoms with Crippen LogP contribution >= 0.6 is 0 Å². The van der Waals surface area contributed by atoms with Gasteiger partial charge in [-0.2, -0.15) is 0 Å². The lowest BCUT2D eigenvalue weighted by atomic mass is 9.96. The highest BCUT2D eigenvalue weighted by molar-refractivity contribution is 5.97. The number of benzene rings is 1. The van der Waals surface area contributed by atoms with Crippen LogP contribution in [0.25, 0.3) is 11.0 Å².